The highest BCUT2D eigenvalue weighted by Crippen LogP contribution is 2.22. The standard InChI is InChI=1S/C12H17Cl2NO2/c1-16-6-7-17-5-4-15-9-10-2-3-11(13)12(14)8-10/h2-3,8,15H,4-7,9H2,1H3. The minimum absolute atomic E-state index is 0.582. The molecule has 3 nitrogen and oxygen atoms in total. The zero-order valence-electron chi connectivity index (χ0n) is 9.84. The first-order valence-corrected chi connectivity index (χ1v) is 6.21. The Bertz CT molecular complexity index is 334. The second-order valence-electron chi connectivity index (χ2n) is 3.53. The summed E-state index contributed by atoms with van der Waals surface area (Å²) < 4.78 is 10.2. The van der Waals surface area contributed by atoms with Crippen molar-refractivity contribution in [3.05, 3.63) is 33.8 Å². The van der Waals surface area contributed by atoms with Crippen LogP contribution < -0.4 is 5.32 Å². The Labute approximate surface area is 112 Å². The highest BCUT2D eigenvalue weighted by molar-refractivity contribution is 6.42. The Morgan fingerprint density at radius 1 is 1.12 bits per heavy atom. The van der Waals surface area contributed by atoms with Crippen molar-refractivity contribution >= 4 is 23.2 Å². The molecule has 0 atom stereocenters. The van der Waals surface area contributed by atoms with Crippen molar-refractivity contribution in [1.82, 2.24) is 5.32 Å². The van der Waals surface area contributed by atoms with Gasteiger partial charge in [-0.1, -0.05) is 29.3 Å². The molecule has 0 saturated heterocycles. The monoisotopic (exact) mass is 277 g/mol. The summed E-state index contributed by atoms with van der Waals surface area (Å²) in [6.07, 6.45) is 0. The number of hydrogen-bond acceptors (Lipinski definition) is 3. The summed E-state index contributed by atoms with van der Waals surface area (Å²) in [6, 6.07) is 5.62. The van der Waals surface area contributed by atoms with E-state index in [9.17, 15) is 0 Å². The van der Waals surface area contributed by atoms with Gasteiger partial charge in [0.25, 0.3) is 0 Å². The normalized spacial score (nSPS) is 10.8. The first kappa shape index (κ1) is 14.7. The molecule has 0 aliphatic rings. The fourth-order valence-corrected chi connectivity index (χ4v) is 1.59. The summed E-state index contributed by atoms with van der Waals surface area (Å²) in [5.41, 5.74) is 1.11. The molecule has 0 radical (unpaired) electrons. The molecule has 0 heterocycles. The Kier molecular flexibility index (Phi) is 7.56. The summed E-state index contributed by atoms with van der Waals surface area (Å²) in [5.74, 6) is 0. The van der Waals surface area contributed by atoms with E-state index < -0.39 is 0 Å². The Morgan fingerprint density at radius 3 is 2.65 bits per heavy atom. The number of nitrogens with one attached hydrogen (secondary N) is 1. The lowest BCUT2D eigenvalue weighted by Crippen LogP contribution is -2.20. The van der Waals surface area contributed by atoms with Gasteiger partial charge in [0.05, 0.1) is 29.9 Å². The van der Waals surface area contributed by atoms with Gasteiger partial charge in [0.15, 0.2) is 0 Å². The van der Waals surface area contributed by atoms with Crippen LogP contribution in [0.25, 0.3) is 0 Å². The van der Waals surface area contributed by atoms with Gasteiger partial charge < -0.3 is 14.8 Å². The van der Waals surface area contributed by atoms with Crippen molar-refractivity contribution < 1.29 is 9.47 Å². The quantitative estimate of drug-likeness (QED) is 0.742. The maximum Gasteiger partial charge on any atom is 0.0700 e. The Hall–Kier alpha value is -0.320. The predicted molar refractivity (Wildman–Crippen MR) is 70.9 cm³/mol. The third-order valence-electron chi connectivity index (χ3n) is 2.17. The summed E-state index contributed by atoms with van der Waals surface area (Å²) >= 11 is 11.7. The molecule has 0 spiro atoms. The van der Waals surface area contributed by atoms with E-state index in [1.807, 2.05) is 12.1 Å². The minimum Gasteiger partial charge on any atom is -0.382 e. The molecule has 0 aromatic heterocycles. The fourth-order valence-electron chi connectivity index (χ4n) is 1.27. The van der Waals surface area contributed by atoms with Crippen molar-refractivity contribution in [2.24, 2.45) is 0 Å². The van der Waals surface area contributed by atoms with E-state index >= 15 is 0 Å². The first-order valence-electron chi connectivity index (χ1n) is 5.45. The molecule has 1 aromatic rings. The van der Waals surface area contributed by atoms with E-state index in [0.717, 1.165) is 18.7 Å². The molecule has 1 N–H and O–H groups in total. The summed E-state index contributed by atoms with van der Waals surface area (Å²) in [4.78, 5) is 0. The number of ether oxygens (including phenoxy) is 2. The van der Waals surface area contributed by atoms with Gasteiger partial charge in [-0.05, 0) is 17.7 Å². The maximum atomic E-state index is 5.91. The molecular weight excluding hydrogens is 261 g/mol. The molecule has 0 aliphatic heterocycles. The van der Waals surface area contributed by atoms with Crippen molar-refractivity contribution in [2.45, 2.75) is 6.54 Å². The van der Waals surface area contributed by atoms with Crippen LogP contribution in [-0.2, 0) is 16.0 Å². The van der Waals surface area contributed by atoms with Gasteiger partial charge in [-0.2, -0.15) is 0 Å². The van der Waals surface area contributed by atoms with Crippen LogP contribution >= 0.6 is 23.2 Å². The average Bonchev–Trinajstić information content (AvgIpc) is 2.32. The molecule has 0 unspecified atom stereocenters. The number of methoxy groups -OCH3 is 1. The average molecular weight is 278 g/mol. The van der Waals surface area contributed by atoms with E-state index in [0.29, 0.717) is 29.9 Å². The van der Waals surface area contributed by atoms with Crippen LogP contribution in [0.3, 0.4) is 0 Å². The zero-order valence-corrected chi connectivity index (χ0v) is 11.4. The number of rotatable bonds is 8. The molecule has 1 aromatic carbocycles. The molecule has 5 heteroatoms. The number of hydrogen-bond donors (Lipinski definition) is 1. The fraction of sp³-hybridized carbons (Fsp3) is 0.500. The highest BCUT2D eigenvalue weighted by Gasteiger charge is 1.98. The van der Waals surface area contributed by atoms with Gasteiger partial charge in [-0.25, -0.2) is 0 Å². The third kappa shape index (κ3) is 6.24. The molecule has 0 aliphatic carbocycles. The lowest BCUT2D eigenvalue weighted by molar-refractivity contribution is 0.0719. The molecule has 0 saturated carbocycles. The topological polar surface area (TPSA) is 30.5 Å². The molecule has 0 fully saturated rings. The van der Waals surface area contributed by atoms with Crippen molar-refractivity contribution in [2.75, 3.05) is 33.5 Å². The van der Waals surface area contributed by atoms with Gasteiger partial charge in [-0.15, -0.1) is 0 Å². The van der Waals surface area contributed by atoms with Gasteiger partial charge in [0.2, 0.25) is 0 Å². The summed E-state index contributed by atoms with van der Waals surface area (Å²) in [7, 11) is 1.66. The van der Waals surface area contributed by atoms with Crippen molar-refractivity contribution in [3.63, 3.8) is 0 Å². The molecule has 17 heavy (non-hydrogen) atoms. The lowest BCUT2D eigenvalue weighted by Gasteiger charge is -2.06. The smallest absolute Gasteiger partial charge is 0.0700 e. The Balaban J connectivity index is 2.11. The van der Waals surface area contributed by atoms with Crippen LogP contribution in [0.2, 0.25) is 10.0 Å². The zero-order chi connectivity index (χ0) is 12.5. The summed E-state index contributed by atoms with van der Waals surface area (Å²) in [6.45, 7) is 3.48. The van der Waals surface area contributed by atoms with Gasteiger partial charge in [-0.3, -0.25) is 0 Å². The van der Waals surface area contributed by atoms with Crippen LogP contribution in [0, 0.1) is 0 Å². The SMILES string of the molecule is COCCOCCNCc1ccc(Cl)c(Cl)c1. The molecule has 0 amide bonds. The van der Waals surface area contributed by atoms with Crippen LogP contribution in [0.5, 0.6) is 0 Å². The Morgan fingerprint density at radius 2 is 1.94 bits per heavy atom. The molecule has 0 bridgehead atoms. The van der Waals surface area contributed by atoms with E-state index in [2.05, 4.69) is 5.32 Å². The maximum absolute atomic E-state index is 5.91. The van der Waals surface area contributed by atoms with Crippen LogP contribution in [0.15, 0.2) is 18.2 Å². The van der Waals surface area contributed by atoms with Crippen LogP contribution in [-0.4, -0.2) is 33.5 Å². The highest BCUT2D eigenvalue weighted by atomic mass is 35.5. The lowest BCUT2D eigenvalue weighted by atomic mass is 10.2. The van der Waals surface area contributed by atoms with Crippen molar-refractivity contribution in [3.8, 4) is 0 Å². The third-order valence-corrected chi connectivity index (χ3v) is 2.91. The van der Waals surface area contributed by atoms with Crippen molar-refractivity contribution in [1.29, 1.82) is 0 Å². The van der Waals surface area contributed by atoms with Gasteiger partial charge >= 0.3 is 0 Å². The van der Waals surface area contributed by atoms with E-state index in [4.69, 9.17) is 32.7 Å². The molecule has 96 valence electrons. The number of benzene rings is 1. The summed E-state index contributed by atoms with van der Waals surface area (Å²) in [5, 5.41) is 4.42. The molecule has 1 rings (SSSR count). The van der Waals surface area contributed by atoms with Gasteiger partial charge in [0, 0.05) is 20.2 Å². The van der Waals surface area contributed by atoms with Crippen LogP contribution in [0.1, 0.15) is 5.56 Å². The predicted octanol–water partition coefficient (Wildman–Crippen LogP) is 2.75. The first-order chi connectivity index (χ1) is 8.24. The van der Waals surface area contributed by atoms with Crippen LogP contribution in [0.4, 0.5) is 0 Å². The minimum atomic E-state index is 0.582. The van der Waals surface area contributed by atoms with E-state index in [1.54, 1.807) is 13.2 Å². The second kappa shape index (κ2) is 8.72. The number of halogens is 2. The largest absolute Gasteiger partial charge is 0.382 e. The second-order valence-corrected chi connectivity index (χ2v) is 4.34. The molecular formula is C12H17Cl2NO2. The van der Waals surface area contributed by atoms with E-state index in [-0.39, 0.29) is 0 Å². The van der Waals surface area contributed by atoms with Gasteiger partial charge in [0.1, 0.15) is 0 Å². The van der Waals surface area contributed by atoms with E-state index in [1.165, 1.54) is 0 Å².